The minimum Gasteiger partial charge on any atom is -0.459 e. The Balaban J connectivity index is 2.35. The van der Waals surface area contributed by atoms with Crippen molar-refractivity contribution in [3.8, 4) is 0 Å². The standard InChI is InChI=1S/C8H13NO3/c1-5-4-8(12-9-5)6(2)11-7(3)10/h6,8H,4H2,1-3H3/t6-,8+/m1/s1. The van der Waals surface area contributed by atoms with Crippen molar-refractivity contribution < 1.29 is 14.4 Å². The zero-order valence-electron chi connectivity index (χ0n) is 7.53. The van der Waals surface area contributed by atoms with E-state index in [0.717, 1.165) is 12.1 Å². The lowest BCUT2D eigenvalue weighted by Gasteiger charge is -2.16. The van der Waals surface area contributed by atoms with E-state index in [4.69, 9.17) is 9.57 Å². The summed E-state index contributed by atoms with van der Waals surface area (Å²) in [6.45, 7) is 5.08. The molecule has 0 aliphatic carbocycles. The molecule has 4 heteroatoms. The predicted octanol–water partition coefficient (Wildman–Crippen LogP) is 1.10. The normalized spacial score (nSPS) is 24.2. The molecular formula is C8H13NO3. The van der Waals surface area contributed by atoms with E-state index in [9.17, 15) is 4.79 Å². The lowest BCUT2D eigenvalue weighted by molar-refractivity contribution is -0.152. The molecular weight excluding hydrogens is 158 g/mol. The number of oxime groups is 1. The highest BCUT2D eigenvalue weighted by Crippen LogP contribution is 2.15. The first-order chi connectivity index (χ1) is 5.59. The van der Waals surface area contributed by atoms with Crippen molar-refractivity contribution in [2.75, 3.05) is 0 Å². The minimum absolute atomic E-state index is 0.103. The van der Waals surface area contributed by atoms with Crippen LogP contribution in [0.2, 0.25) is 0 Å². The number of ether oxygens (including phenoxy) is 1. The van der Waals surface area contributed by atoms with E-state index in [1.165, 1.54) is 6.92 Å². The van der Waals surface area contributed by atoms with Crippen LogP contribution in [0.1, 0.15) is 27.2 Å². The fourth-order valence-corrected chi connectivity index (χ4v) is 1.11. The predicted molar refractivity (Wildman–Crippen MR) is 43.8 cm³/mol. The monoisotopic (exact) mass is 171 g/mol. The van der Waals surface area contributed by atoms with E-state index in [-0.39, 0.29) is 18.2 Å². The van der Waals surface area contributed by atoms with Gasteiger partial charge in [0.15, 0.2) is 6.10 Å². The number of carbonyl (C=O) groups excluding carboxylic acids is 1. The topological polar surface area (TPSA) is 47.9 Å². The maximum atomic E-state index is 10.6. The first-order valence-electron chi connectivity index (χ1n) is 3.96. The Kier molecular flexibility index (Phi) is 2.68. The van der Waals surface area contributed by atoms with Crippen LogP contribution in [0.15, 0.2) is 5.16 Å². The molecule has 0 spiro atoms. The van der Waals surface area contributed by atoms with Crippen molar-refractivity contribution in [1.29, 1.82) is 0 Å². The first-order valence-corrected chi connectivity index (χ1v) is 3.96. The SMILES string of the molecule is CC(=O)O[C@H](C)[C@@H]1CC(C)=NO1. The lowest BCUT2D eigenvalue weighted by atomic mass is 10.1. The summed E-state index contributed by atoms with van der Waals surface area (Å²) >= 11 is 0. The zero-order valence-corrected chi connectivity index (χ0v) is 7.53. The van der Waals surface area contributed by atoms with Crippen LogP contribution >= 0.6 is 0 Å². The molecule has 1 aliphatic heterocycles. The molecule has 0 saturated carbocycles. The molecule has 0 aromatic rings. The molecule has 0 aromatic carbocycles. The Bertz CT molecular complexity index is 212. The minimum atomic E-state index is -0.282. The van der Waals surface area contributed by atoms with Crippen LogP contribution in [-0.4, -0.2) is 23.9 Å². The number of nitrogens with zero attached hydrogens (tertiary/aromatic N) is 1. The highest BCUT2D eigenvalue weighted by atomic mass is 16.7. The molecule has 0 unspecified atom stereocenters. The van der Waals surface area contributed by atoms with Crippen LogP contribution in [0.3, 0.4) is 0 Å². The summed E-state index contributed by atoms with van der Waals surface area (Å²) in [5, 5.41) is 3.77. The van der Waals surface area contributed by atoms with E-state index in [0.29, 0.717) is 0 Å². The van der Waals surface area contributed by atoms with Gasteiger partial charge in [0.25, 0.3) is 0 Å². The Morgan fingerprint density at radius 2 is 2.50 bits per heavy atom. The molecule has 1 rings (SSSR count). The van der Waals surface area contributed by atoms with Gasteiger partial charge in [-0.25, -0.2) is 0 Å². The van der Waals surface area contributed by atoms with E-state index < -0.39 is 0 Å². The van der Waals surface area contributed by atoms with Crippen molar-refractivity contribution in [3.05, 3.63) is 0 Å². The molecule has 0 saturated heterocycles. The van der Waals surface area contributed by atoms with Crippen LogP contribution in [0, 0.1) is 0 Å². The molecule has 1 aliphatic rings. The fourth-order valence-electron chi connectivity index (χ4n) is 1.11. The van der Waals surface area contributed by atoms with Gasteiger partial charge in [-0.1, -0.05) is 5.16 Å². The van der Waals surface area contributed by atoms with Gasteiger partial charge in [-0.05, 0) is 13.8 Å². The van der Waals surface area contributed by atoms with Gasteiger partial charge in [0, 0.05) is 13.3 Å². The first kappa shape index (κ1) is 9.03. The maximum Gasteiger partial charge on any atom is 0.303 e. The quantitative estimate of drug-likeness (QED) is 0.584. The molecule has 68 valence electrons. The number of carbonyl (C=O) groups is 1. The molecule has 1 heterocycles. The van der Waals surface area contributed by atoms with E-state index in [2.05, 4.69) is 5.16 Å². The second-order valence-corrected chi connectivity index (χ2v) is 2.99. The summed E-state index contributed by atoms with van der Waals surface area (Å²) < 4.78 is 4.95. The molecule has 0 fully saturated rings. The number of esters is 1. The van der Waals surface area contributed by atoms with Gasteiger partial charge < -0.3 is 9.57 Å². The zero-order chi connectivity index (χ0) is 9.14. The van der Waals surface area contributed by atoms with Crippen molar-refractivity contribution >= 4 is 11.7 Å². The molecule has 0 bridgehead atoms. The molecule has 12 heavy (non-hydrogen) atoms. The van der Waals surface area contributed by atoms with E-state index >= 15 is 0 Å². The van der Waals surface area contributed by atoms with Crippen molar-refractivity contribution in [2.24, 2.45) is 5.16 Å². The largest absolute Gasteiger partial charge is 0.459 e. The van der Waals surface area contributed by atoms with Gasteiger partial charge >= 0.3 is 5.97 Å². The Morgan fingerprint density at radius 3 is 2.92 bits per heavy atom. The van der Waals surface area contributed by atoms with Gasteiger partial charge in [0.05, 0.1) is 5.71 Å². The summed E-state index contributed by atoms with van der Waals surface area (Å²) in [5.41, 5.74) is 0.944. The van der Waals surface area contributed by atoms with Crippen molar-refractivity contribution in [2.45, 2.75) is 39.4 Å². The Labute approximate surface area is 71.5 Å². The second kappa shape index (κ2) is 3.56. The molecule has 0 amide bonds. The van der Waals surface area contributed by atoms with Gasteiger partial charge in [-0.3, -0.25) is 4.79 Å². The maximum absolute atomic E-state index is 10.6. The van der Waals surface area contributed by atoms with Crippen molar-refractivity contribution in [1.82, 2.24) is 0 Å². The Hall–Kier alpha value is -1.06. The molecule has 2 atom stereocenters. The number of rotatable bonds is 2. The summed E-state index contributed by atoms with van der Waals surface area (Å²) in [6.07, 6.45) is 0.423. The third kappa shape index (κ3) is 2.22. The molecule has 0 aromatic heterocycles. The molecule has 4 nitrogen and oxygen atoms in total. The van der Waals surface area contributed by atoms with Crippen LogP contribution < -0.4 is 0 Å². The van der Waals surface area contributed by atoms with E-state index in [1.54, 1.807) is 6.92 Å². The Morgan fingerprint density at radius 1 is 1.83 bits per heavy atom. The molecule has 0 N–H and O–H groups in total. The van der Waals surface area contributed by atoms with Gasteiger partial charge in [-0.2, -0.15) is 0 Å². The molecule has 0 radical (unpaired) electrons. The van der Waals surface area contributed by atoms with Crippen LogP contribution in [0.4, 0.5) is 0 Å². The van der Waals surface area contributed by atoms with Gasteiger partial charge in [0.2, 0.25) is 0 Å². The lowest BCUT2D eigenvalue weighted by Crippen LogP contribution is -2.27. The average Bonchev–Trinajstić information content (AvgIpc) is 2.34. The fraction of sp³-hybridized carbons (Fsp3) is 0.750. The third-order valence-corrected chi connectivity index (χ3v) is 1.72. The van der Waals surface area contributed by atoms with Crippen LogP contribution in [0.25, 0.3) is 0 Å². The highest BCUT2D eigenvalue weighted by molar-refractivity contribution is 5.82. The van der Waals surface area contributed by atoms with Gasteiger partial charge in [-0.15, -0.1) is 0 Å². The van der Waals surface area contributed by atoms with Gasteiger partial charge in [0.1, 0.15) is 6.10 Å². The number of hydrogen-bond acceptors (Lipinski definition) is 4. The second-order valence-electron chi connectivity index (χ2n) is 2.99. The summed E-state index contributed by atoms with van der Waals surface area (Å²) in [6, 6.07) is 0. The number of hydrogen-bond donors (Lipinski definition) is 0. The third-order valence-electron chi connectivity index (χ3n) is 1.72. The summed E-state index contributed by atoms with van der Waals surface area (Å²) in [5.74, 6) is -0.282. The summed E-state index contributed by atoms with van der Waals surface area (Å²) in [4.78, 5) is 15.6. The van der Waals surface area contributed by atoms with Crippen LogP contribution in [-0.2, 0) is 14.4 Å². The average molecular weight is 171 g/mol. The van der Waals surface area contributed by atoms with Crippen LogP contribution in [0.5, 0.6) is 0 Å². The smallest absolute Gasteiger partial charge is 0.303 e. The summed E-state index contributed by atoms with van der Waals surface area (Å²) in [7, 11) is 0. The van der Waals surface area contributed by atoms with Crippen molar-refractivity contribution in [3.63, 3.8) is 0 Å². The highest BCUT2D eigenvalue weighted by Gasteiger charge is 2.26. The van der Waals surface area contributed by atoms with E-state index in [1.807, 2.05) is 6.92 Å².